The van der Waals surface area contributed by atoms with Crippen molar-refractivity contribution in [3.05, 3.63) is 17.0 Å². The van der Waals surface area contributed by atoms with Gasteiger partial charge in [-0.15, -0.1) is 0 Å². The van der Waals surface area contributed by atoms with E-state index in [4.69, 9.17) is 5.73 Å². The second-order valence-electron chi connectivity index (χ2n) is 4.75. The Labute approximate surface area is 102 Å². The molecule has 1 heterocycles. The Balaban J connectivity index is 2.10. The molecular weight excluding hydrogens is 216 g/mol. The van der Waals surface area contributed by atoms with Gasteiger partial charge in [-0.2, -0.15) is 5.10 Å². The highest BCUT2D eigenvalue weighted by Crippen LogP contribution is 2.25. The highest BCUT2D eigenvalue weighted by atomic mass is 16.2. The Bertz CT molecular complexity index is 434. The van der Waals surface area contributed by atoms with Crippen molar-refractivity contribution >= 4 is 5.91 Å². The van der Waals surface area contributed by atoms with Crippen LogP contribution in [-0.2, 0) is 17.9 Å². The molecule has 1 aliphatic rings. The van der Waals surface area contributed by atoms with E-state index in [2.05, 4.69) is 5.10 Å². The summed E-state index contributed by atoms with van der Waals surface area (Å²) in [5.74, 6) is 0.127. The Hall–Kier alpha value is -1.36. The smallest absolute Gasteiger partial charge is 0.244 e. The van der Waals surface area contributed by atoms with Crippen LogP contribution < -0.4 is 5.73 Å². The first-order valence-electron chi connectivity index (χ1n) is 6.03. The molecule has 1 fully saturated rings. The second-order valence-corrected chi connectivity index (χ2v) is 4.75. The molecule has 0 aromatic carbocycles. The molecule has 17 heavy (non-hydrogen) atoms. The second kappa shape index (κ2) is 4.49. The summed E-state index contributed by atoms with van der Waals surface area (Å²) in [4.78, 5) is 13.8. The van der Waals surface area contributed by atoms with Crippen LogP contribution in [0.25, 0.3) is 0 Å². The molecule has 0 bridgehead atoms. The number of rotatable bonds is 4. The van der Waals surface area contributed by atoms with Gasteiger partial charge in [-0.3, -0.25) is 9.48 Å². The predicted octanol–water partition coefficient (Wildman–Crippen LogP) is 0.579. The van der Waals surface area contributed by atoms with Crippen LogP contribution in [0.1, 0.15) is 29.8 Å². The molecule has 0 unspecified atom stereocenters. The fraction of sp³-hybridized carbons (Fsp3) is 0.667. The quantitative estimate of drug-likeness (QED) is 0.831. The first-order chi connectivity index (χ1) is 8.04. The van der Waals surface area contributed by atoms with Crippen LogP contribution >= 0.6 is 0 Å². The van der Waals surface area contributed by atoms with Crippen LogP contribution in [0.15, 0.2) is 0 Å². The van der Waals surface area contributed by atoms with Crippen molar-refractivity contribution in [2.24, 2.45) is 5.73 Å². The third-order valence-electron chi connectivity index (χ3n) is 3.51. The molecule has 0 atom stereocenters. The van der Waals surface area contributed by atoms with Gasteiger partial charge in [0.15, 0.2) is 0 Å². The van der Waals surface area contributed by atoms with Crippen molar-refractivity contribution in [2.75, 3.05) is 7.05 Å². The van der Waals surface area contributed by atoms with Gasteiger partial charge in [-0.1, -0.05) is 0 Å². The first kappa shape index (κ1) is 12.1. The van der Waals surface area contributed by atoms with E-state index in [0.717, 1.165) is 29.8 Å². The average molecular weight is 236 g/mol. The molecule has 1 amide bonds. The van der Waals surface area contributed by atoms with E-state index in [1.54, 1.807) is 4.68 Å². The lowest BCUT2D eigenvalue weighted by Gasteiger charge is -2.16. The van der Waals surface area contributed by atoms with Crippen molar-refractivity contribution in [1.29, 1.82) is 0 Å². The number of aryl methyl sites for hydroxylation is 1. The summed E-state index contributed by atoms with van der Waals surface area (Å²) in [5, 5.41) is 4.37. The largest absolute Gasteiger partial charge is 0.341 e. The monoisotopic (exact) mass is 236 g/mol. The number of aromatic nitrogens is 2. The molecule has 0 saturated heterocycles. The highest BCUT2D eigenvalue weighted by Gasteiger charge is 2.29. The lowest BCUT2D eigenvalue weighted by Crippen LogP contribution is -2.32. The molecule has 1 aliphatic carbocycles. The summed E-state index contributed by atoms with van der Waals surface area (Å²) < 4.78 is 1.76. The minimum atomic E-state index is 0.127. The number of hydrogen-bond acceptors (Lipinski definition) is 3. The van der Waals surface area contributed by atoms with E-state index in [0.29, 0.717) is 19.1 Å². The average Bonchev–Trinajstić information content (AvgIpc) is 3.07. The maximum absolute atomic E-state index is 12.0. The topological polar surface area (TPSA) is 64.2 Å². The Morgan fingerprint density at radius 2 is 2.18 bits per heavy atom. The number of hydrogen-bond donors (Lipinski definition) is 1. The van der Waals surface area contributed by atoms with E-state index in [1.165, 1.54) is 0 Å². The molecule has 2 rings (SSSR count). The molecule has 5 nitrogen and oxygen atoms in total. The molecule has 1 aromatic rings. The van der Waals surface area contributed by atoms with E-state index in [9.17, 15) is 4.79 Å². The number of carbonyl (C=O) groups is 1. The minimum Gasteiger partial charge on any atom is -0.341 e. The Morgan fingerprint density at radius 3 is 2.65 bits per heavy atom. The van der Waals surface area contributed by atoms with Crippen LogP contribution in [0.2, 0.25) is 0 Å². The lowest BCUT2D eigenvalue weighted by molar-refractivity contribution is -0.131. The van der Waals surface area contributed by atoms with Gasteiger partial charge in [-0.05, 0) is 26.7 Å². The first-order valence-corrected chi connectivity index (χ1v) is 6.03. The fourth-order valence-electron chi connectivity index (χ4n) is 2.09. The molecule has 94 valence electrons. The van der Waals surface area contributed by atoms with Crippen LogP contribution in [-0.4, -0.2) is 33.7 Å². The predicted molar refractivity (Wildman–Crippen MR) is 65.4 cm³/mol. The fourth-order valence-corrected chi connectivity index (χ4v) is 2.09. The van der Waals surface area contributed by atoms with Crippen LogP contribution in [0.4, 0.5) is 0 Å². The minimum absolute atomic E-state index is 0.127. The highest BCUT2D eigenvalue weighted by molar-refractivity contribution is 5.76. The van der Waals surface area contributed by atoms with Gasteiger partial charge < -0.3 is 10.6 Å². The Morgan fingerprint density at radius 1 is 1.53 bits per heavy atom. The molecule has 0 spiro atoms. The molecule has 1 saturated carbocycles. The molecule has 1 aromatic heterocycles. The van der Waals surface area contributed by atoms with Crippen molar-refractivity contribution < 1.29 is 4.79 Å². The number of amides is 1. The van der Waals surface area contributed by atoms with Gasteiger partial charge in [-0.25, -0.2) is 0 Å². The molecule has 0 radical (unpaired) electrons. The molecule has 5 heteroatoms. The van der Waals surface area contributed by atoms with E-state index in [-0.39, 0.29) is 5.91 Å². The third kappa shape index (κ3) is 2.34. The molecular formula is C12H20N4O. The normalized spacial score (nSPS) is 15.1. The maximum atomic E-state index is 12.0. The summed E-state index contributed by atoms with van der Waals surface area (Å²) in [6, 6.07) is 0.452. The third-order valence-corrected chi connectivity index (χ3v) is 3.51. The van der Waals surface area contributed by atoms with E-state index >= 15 is 0 Å². The van der Waals surface area contributed by atoms with E-state index < -0.39 is 0 Å². The number of carbonyl (C=O) groups excluding carboxylic acids is 1. The Kier molecular flexibility index (Phi) is 3.19. The van der Waals surface area contributed by atoms with Crippen molar-refractivity contribution in [1.82, 2.24) is 14.7 Å². The number of likely N-dealkylation sites (N-methyl/N-ethyl adjacent to an activating group) is 1. The number of nitrogens with zero attached hydrogens (tertiary/aromatic N) is 3. The van der Waals surface area contributed by atoms with Gasteiger partial charge >= 0.3 is 0 Å². The number of nitrogens with two attached hydrogens (primary N) is 1. The van der Waals surface area contributed by atoms with Crippen molar-refractivity contribution in [2.45, 2.75) is 45.8 Å². The van der Waals surface area contributed by atoms with Crippen molar-refractivity contribution in [3.63, 3.8) is 0 Å². The lowest BCUT2D eigenvalue weighted by atomic mass is 10.2. The van der Waals surface area contributed by atoms with Gasteiger partial charge in [0.1, 0.15) is 6.54 Å². The van der Waals surface area contributed by atoms with Crippen LogP contribution in [0.5, 0.6) is 0 Å². The summed E-state index contributed by atoms with van der Waals surface area (Å²) in [6.45, 7) is 4.69. The zero-order valence-electron chi connectivity index (χ0n) is 10.7. The van der Waals surface area contributed by atoms with Gasteiger partial charge in [0, 0.05) is 30.9 Å². The van der Waals surface area contributed by atoms with Crippen molar-refractivity contribution in [3.8, 4) is 0 Å². The molecule has 2 N–H and O–H groups in total. The van der Waals surface area contributed by atoms with Gasteiger partial charge in [0.05, 0.1) is 5.69 Å². The zero-order chi connectivity index (χ0) is 12.6. The van der Waals surface area contributed by atoms with Crippen LogP contribution in [0, 0.1) is 13.8 Å². The maximum Gasteiger partial charge on any atom is 0.244 e. The van der Waals surface area contributed by atoms with Crippen LogP contribution in [0.3, 0.4) is 0 Å². The van der Waals surface area contributed by atoms with E-state index in [1.807, 2.05) is 25.8 Å². The SMILES string of the molecule is Cc1nn(CC(=O)N(C)C2CC2)c(C)c1CN. The van der Waals surface area contributed by atoms with Gasteiger partial charge in [0.25, 0.3) is 0 Å². The summed E-state index contributed by atoms with van der Waals surface area (Å²) in [6.07, 6.45) is 2.26. The zero-order valence-corrected chi connectivity index (χ0v) is 10.7. The molecule has 0 aliphatic heterocycles. The summed E-state index contributed by atoms with van der Waals surface area (Å²) >= 11 is 0. The summed E-state index contributed by atoms with van der Waals surface area (Å²) in [5.41, 5.74) is 8.64. The summed E-state index contributed by atoms with van der Waals surface area (Å²) in [7, 11) is 1.87. The van der Waals surface area contributed by atoms with Gasteiger partial charge in [0.2, 0.25) is 5.91 Å². The standard InChI is InChI=1S/C12H20N4O/c1-8-11(6-13)9(2)16(14-8)7-12(17)15(3)10-4-5-10/h10H,4-7,13H2,1-3H3.